The van der Waals surface area contributed by atoms with Gasteiger partial charge in [-0.05, 0) is 49.9 Å². The molecule has 0 radical (unpaired) electrons. The molecule has 0 spiro atoms. The fourth-order valence-electron chi connectivity index (χ4n) is 2.64. The molecule has 26 heavy (non-hydrogen) atoms. The number of carbonyl (C=O) groups excluding carboxylic acids is 1. The van der Waals surface area contributed by atoms with Gasteiger partial charge in [-0.3, -0.25) is 9.59 Å². The number of carboxylic acid groups (broad SMARTS) is 1. The Hall–Kier alpha value is -2.82. The van der Waals surface area contributed by atoms with Crippen molar-refractivity contribution in [3.8, 4) is 5.75 Å². The normalized spacial score (nSPS) is 10.4. The molecule has 2 rings (SSSR count). The number of benzene rings is 2. The molecule has 0 heterocycles. The highest BCUT2D eigenvalue weighted by molar-refractivity contribution is 5.97. The topological polar surface area (TPSA) is 75.6 Å². The lowest BCUT2D eigenvalue weighted by Gasteiger charge is -2.11. The molecule has 0 fully saturated rings. The molecule has 0 aliphatic heterocycles. The second-order valence-electron chi connectivity index (χ2n) is 6.15. The van der Waals surface area contributed by atoms with Gasteiger partial charge in [0.1, 0.15) is 5.75 Å². The first-order valence-corrected chi connectivity index (χ1v) is 8.81. The zero-order valence-electron chi connectivity index (χ0n) is 15.2. The number of carbonyl (C=O) groups is 2. The molecule has 2 N–H and O–H groups in total. The third-order valence-electron chi connectivity index (χ3n) is 4.03. The predicted octanol–water partition coefficient (Wildman–Crippen LogP) is 3.38. The van der Waals surface area contributed by atoms with E-state index >= 15 is 0 Å². The number of ether oxygens (including phenoxy) is 1. The highest BCUT2D eigenvalue weighted by atomic mass is 16.5. The summed E-state index contributed by atoms with van der Waals surface area (Å²) in [5.74, 6) is -0.340. The van der Waals surface area contributed by atoms with Crippen molar-refractivity contribution in [2.24, 2.45) is 0 Å². The Kier molecular flexibility index (Phi) is 7.21. The van der Waals surface area contributed by atoms with Crippen molar-refractivity contribution < 1.29 is 19.4 Å². The quantitative estimate of drug-likeness (QED) is 0.723. The van der Waals surface area contributed by atoms with Crippen molar-refractivity contribution in [1.29, 1.82) is 0 Å². The third kappa shape index (κ3) is 5.92. The van der Waals surface area contributed by atoms with Gasteiger partial charge in [0, 0.05) is 13.0 Å². The van der Waals surface area contributed by atoms with Crippen LogP contribution in [-0.2, 0) is 17.6 Å². The fraction of sp³-hybridized carbons (Fsp3) is 0.333. The molecular weight excluding hydrogens is 330 g/mol. The molecule has 0 atom stereocenters. The van der Waals surface area contributed by atoms with Crippen molar-refractivity contribution in [3.63, 3.8) is 0 Å². The summed E-state index contributed by atoms with van der Waals surface area (Å²) < 4.78 is 5.53. The van der Waals surface area contributed by atoms with Gasteiger partial charge in [-0.15, -0.1) is 0 Å². The molecule has 2 aromatic rings. The van der Waals surface area contributed by atoms with E-state index in [4.69, 9.17) is 9.84 Å². The van der Waals surface area contributed by atoms with Crippen LogP contribution in [0.3, 0.4) is 0 Å². The van der Waals surface area contributed by atoms with E-state index in [1.54, 1.807) is 0 Å². The Bertz CT molecular complexity index is 753. The molecule has 0 unspecified atom stereocenters. The smallest absolute Gasteiger partial charge is 0.303 e. The van der Waals surface area contributed by atoms with Crippen LogP contribution in [0.15, 0.2) is 42.5 Å². The summed E-state index contributed by atoms with van der Waals surface area (Å²) in [5, 5.41) is 11.6. The lowest BCUT2D eigenvalue weighted by atomic mass is 10.1. The SMILES string of the molecule is CCOc1ccc(C)cc1C(=O)NCCc1ccc(CCC(=O)O)cc1. The number of hydrogen-bond acceptors (Lipinski definition) is 3. The van der Waals surface area contributed by atoms with Crippen molar-refractivity contribution >= 4 is 11.9 Å². The van der Waals surface area contributed by atoms with E-state index in [1.165, 1.54) is 0 Å². The summed E-state index contributed by atoms with van der Waals surface area (Å²) in [4.78, 5) is 23.0. The van der Waals surface area contributed by atoms with Gasteiger partial charge in [-0.2, -0.15) is 0 Å². The molecule has 138 valence electrons. The number of aryl methyl sites for hydroxylation is 2. The molecule has 0 bridgehead atoms. The van der Waals surface area contributed by atoms with Gasteiger partial charge in [0.05, 0.1) is 12.2 Å². The summed E-state index contributed by atoms with van der Waals surface area (Å²) in [6.07, 6.45) is 1.37. The summed E-state index contributed by atoms with van der Waals surface area (Å²) in [5.41, 5.74) is 3.66. The van der Waals surface area contributed by atoms with Crippen LogP contribution in [0.2, 0.25) is 0 Å². The molecule has 0 aliphatic rings. The highest BCUT2D eigenvalue weighted by Crippen LogP contribution is 2.20. The second-order valence-corrected chi connectivity index (χ2v) is 6.15. The first-order chi connectivity index (χ1) is 12.5. The molecular formula is C21H25NO4. The van der Waals surface area contributed by atoms with Crippen molar-refractivity contribution in [2.45, 2.75) is 33.1 Å². The minimum atomic E-state index is -0.792. The number of hydrogen-bond donors (Lipinski definition) is 2. The number of aliphatic carboxylic acids is 1. The van der Waals surface area contributed by atoms with Gasteiger partial charge >= 0.3 is 5.97 Å². The monoisotopic (exact) mass is 355 g/mol. The van der Waals surface area contributed by atoms with E-state index in [-0.39, 0.29) is 12.3 Å². The van der Waals surface area contributed by atoms with Crippen LogP contribution in [0.4, 0.5) is 0 Å². The first-order valence-electron chi connectivity index (χ1n) is 8.81. The number of amides is 1. The summed E-state index contributed by atoms with van der Waals surface area (Å²) in [6.45, 7) is 4.87. The average molecular weight is 355 g/mol. The molecule has 0 aromatic heterocycles. The number of carboxylic acids is 1. The minimum Gasteiger partial charge on any atom is -0.493 e. The van der Waals surface area contributed by atoms with Crippen LogP contribution in [-0.4, -0.2) is 30.1 Å². The van der Waals surface area contributed by atoms with Gasteiger partial charge in [0.25, 0.3) is 5.91 Å². The zero-order chi connectivity index (χ0) is 18.9. The maximum atomic E-state index is 12.4. The zero-order valence-corrected chi connectivity index (χ0v) is 15.2. The summed E-state index contributed by atoms with van der Waals surface area (Å²) in [7, 11) is 0. The molecule has 5 heteroatoms. The molecule has 1 amide bonds. The Morgan fingerprint density at radius 3 is 2.31 bits per heavy atom. The third-order valence-corrected chi connectivity index (χ3v) is 4.03. The Morgan fingerprint density at radius 2 is 1.69 bits per heavy atom. The first kappa shape index (κ1) is 19.5. The average Bonchev–Trinajstić information content (AvgIpc) is 2.62. The minimum absolute atomic E-state index is 0.133. The van der Waals surface area contributed by atoms with Crippen LogP contribution < -0.4 is 10.1 Å². The van der Waals surface area contributed by atoms with Crippen LogP contribution in [0.25, 0.3) is 0 Å². The molecule has 0 saturated carbocycles. The van der Waals surface area contributed by atoms with Gasteiger partial charge in [0.2, 0.25) is 0 Å². The maximum absolute atomic E-state index is 12.4. The van der Waals surface area contributed by atoms with Crippen molar-refractivity contribution in [2.75, 3.05) is 13.2 Å². The van der Waals surface area contributed by atoms with Gasteiger partial charge in [-0.1, -0.05) is 35.9 Å². The van der Waals surface area contributed by atoms with Crippen LogP contribution >= 0.6 is 0 Å². The second kappa shape index (κ2) is 9.61. The number of nitrogens with one attached hydrogen (secondary N) is 1. The Morgan fingerprint density at radius 1 is 1.04 bits per heavy atom. The largest absolute Gasteiger partial charge is 0.493 e. The van der Waals surface area contributed by atoms with Gasteiger partial charge in [-0.25, -0.2) is 0 Å². The number of rotatable bonds is 9. The lowest BCUT2D eigenvalue weighted by Crippen LogP contribution is -2.26. The Balaban J connectivity index is 1.88. The lowest BCUT2D eigenvalue weighted by molar-refractivity contribution is -0.136. The van der Waals surface area contributed by atoms with E-state index in [2.05, 4.69) is 5.32 Å². The van der Waals surface area contributed by atoms with E-state index < -0.39 is 5.97 Å². The fourth-order valence-corrected chi connectivity index (χ4v) is 2.64. The van der Waals surface area contributed by atoms with Crippen molar-refractivity contribution in [1.82, 2.24) is 5.32 Å². The van der Waals surface area contributed by atoms with Crippen LogP contribution in [0.5, 0.6) is 5.75 Å². The standard InChI is InChI=1S/C21H25NO4/c1-3-26-19-10-4-15(2)14-18(19)21(25)22-13-12-17-7-5-16(6-8-17)9-11-20(23)24/h4-8,10,14H,3,9,11-13H2,1-2H3,(H,22,25)(H,23,24). The molecule has 5 nitrogen and oxygen atoms in total. The van der Waals surface area contributed by atoms with Gasteiger partial charge < -0.3 is 15.2 Å². The Labute approximate surface area is 154 Å². The maximum Gasteiger partial charge on any atom is 0.303 e. The van der Waals surface area contributed by atoms with E-state index in [9.17, 15) is 9.59 Å². The van der Waals surface area contributed by atoms with E-state index in [1.807, 2.05) is 56.3 Å². The molecule has 2 aromatic carbocycles. The summed E-state index contributed by atoms with van der Waals surface area (Å²) >= 11 is 0. The predicted molar refractivity (Wildman–Crippen MR) is 101 cm³/mol. The van der Waals surface area contributed by atoms with Crippen LogP contribution in [0.1, 0.15) is 40.4 Å². The highest BCUT2D eigenvalue weighted by Gasteiger charge is 2.12. The molecule has 0 saturated heterocycles. The summed E-state index contributed by atoms with van der Waals surface area (Å²) in [6, 6.07) is 13.4. The van der Waals surface area contributed by atoms with Gasteiger partial charge in [0.15, 0.2) is 0 Å². The van der Waals surface area contributed by atoms with Crippen LogP contribution in [0, 0.1) is 6.92 Å². The van der Waals surface area contributed by atoms with E-state index in [0.29, 0.717) is 37.3 Å². The van der Waals surface area contributed by atoms with E-state index in [0.717, 1.165) is 16.7 Å². The van der Waals surface area contributed by atoms with Crippen molar-refractivity contribution in [3.05, 3.63) is 64.7 Å². The molecule has 0 aliphatic carbocycles.